The Balaban J connectivity index is 1.24. The standard InChI is InChI=1S/C31H34O6/c1-20-11-27(36-18-23-9-10-34-16-23)12-21(2)31(20)24-6-4-5-22(13-24)17-35-26-7-8-28-25(14-30(32)33-3)19-37-29(28)15-26/h4-8,11-13,15,23,25H,9-10,14,16-19H2,1-3H3. The highest BCUT2D eigenvalue weighted by atomic mass is 16.5. The topological polar surface area (TPSA) is 63.2 Å². The molecule has 0 N–H and O–H groups in total. The highest BCUT2D eigenvalue weighted by Crippen LogP contribution is 2.39. The molecule has 0 radical (unpaired) electrons. The molecule has 2 aliphatic heterocycles. The van der Waals surface area contributed by atoms with Gasteiger partial charge in [-0.15, -0.1) is 0 Å². The van der Waals surface area contributed by atoms with Crippen molar-refractivity contribution in [3.63, 3.8) is 0 Å². The van der Waals surface area contributed by atoms with Crippen LogP contribution in [0.4, 0.5) is 0 Å². The van der Waals surface area contributed by atoms with E-state index in [0.29, 0.717) is 32.2 Å². The van der Waals surface area contributed by atoms with E-state index < -0.39 is 0 Å². The van der Waals surface area contributed by atoms with Crippen LogP contribution in [0, 0.1) is 19.8 Å². The van der Waals surface area contributed by atoms with Gasteiger partial charge in [0, 0.05) is 30.1 Å². The van der Waals surface area contributed by atoms with Gasteiger partial charge in [0.05, 0.1) is 33.4 Å². The highest BCUT2D eigenvalue weighted by molar-refractivity contribution is 5.72. The minimum Gasteiger partial charge on any atom is -0.493 e. The van der Waals surface area contributed by atoms with Gasteiger partial charge in [-0.3, -0.25) is 4.79 Å². The maximum Gasteiger partial charge on any atom is 0.306 e. The number of aryl methyl sites for hydroxylation is 2. The van der Waals surface area contributed by atoms with E-state index in [0.717, 1.165) is 53.6 Å². The van der Waals surface area contributed by atoms with Crippen LogP contribution in [0.2, 0.25) is 0 Å². The Morgan fingerprint density at radius 1 is 0.973 bits per heavy atom. The van der Waals surface area contributed by atoms with Crippen LogP contribution in [0.25, 0.3) is 11.1 Å². The largest absolute Gasteiger partial charge is 0.493 e. The summed E-state index contributed by atoms with van der Waals surface area (Å²) in [5.41, 5.74) is 6.87. The molecule has 0 bridgehead atoms. The number of hydrogen-bond acceptors (Lipinski definition) is 6. The summed E-state index contributed by atoms with van der Waals surface area (Å²) in [4.78, 5) is 11.7. The lowest BCUT2D eigenvalue weighted by Gasteiger charge is -2.16. The summed E-state index contributed by atoms with van der Waals surface area (Å²) < 4.78 is 28.2. The molecule has 3 aromatic carbocycles. The van der Waals surface area contributed by atoms with Crippen molar-refractivity contribution in [3.05, 3.63) is 76.9 Å². The van der Waals surface area contributed by atoms with Crippen molar-refractivity contribution in [3.8, 4) is 28.4 Å². The van der Waals surface area contributed by atoms with Crippen LogP contribution in [0.5, 0.6) is 17.2 Å². The van der Waals surface area contributed by atoms with Crippen LogP contribution in [-0.4, -0.2) is 39.5 Å². The summed E-state index contributed by atoms with van der Waals surface area (Å²) >= 11 is 0. The van der Waals surface area contributed by atoms with E-state index in [1.807, 2.05) is 18.2 Å². The number of ether oxygens (including phenoxy) is 5. The number of esters is 1. The molecule has 6 nitrogen and oxygen atoms in total. The molecule has 2 unspecified atom stereocenters. The van der Waals surface area contributed by atoms with Gasteiger partial charge in [0.2, 0.25) is 0 Å². The highest BCUT2D eigenvalue weighted by Gasteiger charge is 2.27. The molecule has 0 amide bonds. The first-order valence-corrected chi connectivity index (χ1v) is 12.9. The lowest BCUT2D eigenvalue weighted by atomic mass is 9.94. The number of rotatable bonds is 9. The third-order valence-electron chi connectivity index (χ3n) is 7.14. The SMILES string of the molecule is COC(=O)CC1COc2cc(OCc3cccc(-c4c(C)cc(OCC5CCOC5)cc4C)c3)ccc21. The molecule has 3 aromatic rings. The van der Waals surface area contributed by atoms with Gasteiger partial charge in [0.1, 0.15) is 23.9 Å². The van der Waals surface area contributed by atoms with Crippen LogP contribution < -0.4 is 14.2 Å². The third-order valence-corrected chi connectivity index (χ3v) is 7.14. The molecule has 0 aliphatic carbocycles. The van der Waals surface area contributed by atoms with E-state index >= 15 is 0 Å². The average molecular weight is 503 g/mol. The zero-order valence-electron chi connectivity index (χ0n) is 21.8. The average Bonchev–Trinajstić information content (AvgIpc) is 3.56. The van der Waals surface area contributed by atoms with E-state index in [1.54, 1.807) is 0 Å². The van der Waals surface area contributed by atoms with Crippen LogP contribution >= 0.6 is 0 Å². The van der Waals surface area contributed by atoms with Crippen molar-refractivity contribution in [1.82, 2.24) is 0 Å². The van der Waals surface area contributed by atoms with Crippen LogP contribution in [-0.2, 0) is 20.9 Å². The number of fused-ring (bicyclic) bond motifs is 1. The summed E-state index contributed by atoms with van der Waals surface area (Å²) in [5, 5.41) is 0. The molecule has 1 saturated heterocycles. The quantitative estimate of drug-likeness (QED) is 0.334. The summed E-state index contributed by atoms with van der Waals surface area (Å²) in [6, 6.07) is 18.5. The fourth-order valence-electron chi connectivity index (χ4n) is 5.17. The zero-order chi connectivity index (χ0) is 25.8. The number of benzene rings is 3. The molecule has 5 rings (SSSR count). The second-order valence-electron chi connectivity index (χ2n) is 9.95. The Hall–Kier alpha value is -3.51. The van der Waals surface area contributed by atoms with Crippen molar-refractivity contribution >= 4 is 5.97 Å². The Bertz CT molecular complexity index is 1240. The molecule has 194 valence electrons. The van der Waals surface area contributed by atoms with Crippen LogP contribution in [0.15, 0.2) is 54.6 Å². The molecule has 6 heteroatoms. The van der Waals surface area contributed by atoms with E-state index in [9.17, 15) is 4.79 Å². The van der Waals surface area contributed by atoms with Crippen LogP contribution in [0.3, 0.4) is 0 Å². The smallest absolute Gasteiger partial charge is 0.306 e. The second kappa shape index (κ2) is 11.3. The van der Waals surface area contributed by atoms with Gasteiger partial charge < -0.3 is 23.7 Å². The van der Waals surface area contributed by atoms with Gasteiger partial charge in [-0.25, -0.2) is 0 Å². The predicted octanol–water partition coefficient (Wildman–Crippen LogP) is 6.00. The van der Waals surface area contributed by atoms with E-state index in [4.69, 9.17) is 23.7 Å². The second-order valence-corrected chi connectivity index (χ2v) is 9.95. The molecule has 0 spiro atoms. The molecule has 2 heterocycles. The predicted molar refractivity (Wildman–Crippen MR) is 141 cm³/mol. The van der Waals surface area contributed by atoms with Gasteiger partial charge in [-0.1, -0.05) is 24.3 Å². The maximum absolute atomic E-state index is 11.7. The first-order chi connectivity index (χ1) is 18.0. The van der Waals surface area contributed by atoms with Gasteiger partial charge >= 0.3 is 5.97 Å². The van der Waals surface area contributed by atoms with Crippen molar-refractivity contribution in [2.75, 3.05) is 33.5 Å². The van der Waals surface area contributed by atoms with E-state index in [-0.39, 0.29) is 11.9 Å². The molecule has 0 aromatic heterocycles. The van der Waals surface area contributed by atoms with Gasteiger partial charge in [0.25, 0.3) is 0 Å². The van der Waals surface area contributed by atoms with Gasteiger partial charge in [-0.2, -0.15) is 0 Å². The molecule has 1 fully saturated rings. The Morgan fingerprint density at radius 3 is 2.57 bits per heavy atom. The minimum absolute atomic E-state index is 0.0215. The van der Waals surface area contributed by atoms with Crippen LogP contribution in [0.1, 0.15) is 41.0 Å². The summed E-state index contributed by atoms with van der Waals surface area (Å²) in [6.45, 7) is 7.52. The normalized spacial score (nSPS) is 18.2. The van der Waals surface area contributed by atoms with Crippen molar-refractivity contribution in [2.24, 2.45) is 5.92 Å². The molecule has 2 atom stereocenters. The molecular formula is C31H34O6. The minimum atomic E-state index is -0.228. The first kappa shape index (κ1) is 25.2. The van der Waals surface area contributed by atoms with E-state index in [1.165, 1.54) is 23.8 Å². The molecule has 0 saturated carbocycles. The van der Waals surface area contributed by atoms with Crippen molar-refractivity contribution < 1.29 is 28.5 Å². The fraction of sp³-hybridized carbons (Fsp3) is 0.387. The summed E-state index contributed by atoms with van der Waals surface area (Å²) in [7, 11) is 1.41. The third kappa shape index (κ3) is 5.91. The Morgan fingerprint density at radius 2 is 1.81 bits per heavy atom. The number of hydrogen-bond donors (Lipinski definition) is 0. The van der Waals surface area contributed by atoms with Gasteiger partial charge in [0.15, 0.2) is 0 Å². The molecule has 37 heavy (non-hydrogen) atoms. The molecule has 2 aliphatic rings. The lowest BCUT2D eigenvalue weighted by Crippen LogP contribution is -2.11. The number of methoxy groups -OCH3 is 1. The monoisotopic (exact) mass is 502 g/mol. The zero-order valence-corrected chi connectivity index (χ0v) is 21.8. The summed E-state index contributed by atoms with van der Waals surface area (Å²) in [6.07, 6.45) is 1.39. The maximum atomic E-state index is 11.7. The fourth-order valence-corrected chi connectivity index (χ4v) is 5.17. The first-order valence-electron chi connectivity index (χ1n) is 12.9. The molecular weight excluding hydrogens is 468 g/mol. The van der Waals surface area contributed by atoms with Crippen molar-refractivity contribution in [2.45, 2.75) is 39.2 Å². The van der Waals surface area contributed by atoms with Crippen molar-refractivity contribution in [1.29, 1.82) is 0 Å². The lowest BCUT2D eigenvalue weighted by molar-refractivity contribution is -0.141. The number of carbonyl (C=O) groups is 1. The number of carbonyl (C=O) groups excluding carboxylic acids is 1. The Kier molecular flexibility index (Phi) is 7.65. The Labute approximate surface area is 218 Å². The summed E-state index contributed by atoms with van der Waals surface area (Å²) in [5.74, 6) is 2.70. The van der Waals surface area contributed by atoms with E-state index in [2.05, 4.69) is 50.2 Å². The van der Waals surface area contributed by atoms with Gasteiger partial charge in [-0.05, 0) is 72.4 Å².